The van der Waals surface area contributed by atoms with Gasteiger partial charge in [0.1, 0.15) is 5.54 Å². The van der Waals surface area contributed by atoms with Crippen molar-refractivity contribution in [3.63, 3.8) is 0 Å². The summed E-state index contributed by atoms with van der Waals surface area (Å²) >= 11 is 0. The van der Waals surface area contributed by atoms with E-state index in [9.17, 15) is 10.1 Å². The first-order valence-corrected chi connectivity index (χ1v) is 7.42. The van der Waals surface area contributed by atoms with Crippen LogP contribution in [0.25, 0.3) is 0 Å². The summed E-state index contributed by atoms with van der Waals surface area (Å²) in [6, 6.07) is 2.37. The highest BCUT2D eigenvalue weighted by Gasteiger charge is 2.41. The number of hydrogen-bond acceptors (Lipinski definition) is 3. The van der Waals surface area contributed by atoms with Crippen LogP contribution in [0.4, 0.5) is 0 Å². The predicted octanol–water partition coefficient (Wildman–Crippen LogP) is 2.06. The van der Waals surface area contributed by atoms with E-state index in [2.05, 4.69) is 30.3 Å². The van der Waals surface area contributed by atoms with Gasteiger partial charge in [-0.3, -0.25) is 4.79 Å². The van der Waals surface area contributed by atoms with Gasteiger partial charge in [0.2, 0.25) is 5.91 Å². The van der Waals surface area contributed by atoms with Gasteiger partial charge in [0, 0.05) is 18.5 Å². The van der Waals surface area contributed by atoms with E-state index < -0.39 is 5.54 Å². The van der Waals surface area contributed by atoms with E-state index >= 15 is 0 Å². The zero-order valence-electron chi connectivity index (χ0n) is 12.2. The summed E-state index contributed by atoms with van der Waals surface area (Å²) in [7, 11) is 2.06. The van der Waals surface area contributed by atoms with E-state index in [-0.39, 0.29) is 11.3 Å². The molecule has 1 saturated heterocycles. The molecule has 0 aromatic rings. The van der Waals surface area contributed by atoms with E-state index in [4.69, 9.17) is 0 Å². The molecule has 106 valence electrons. The SMILES string of the molecule is CN1CCC(C#N)(NC(=O)C2(C)CCCCC2)CC1. The van der Waals surface area contributed by atoms with Crippen LogP contribution in [0.15, 0.2) is 0 Å². The summed E-state index contributed by atoms with van der Waals surface area (Å²) in [4.78, 5) is 14.8. The molecule has 1 heterocycles. The minimum atomic E-state index is -0.635. The van der Waals surface area contributed by atoms with E-state index in [1.807, 2.05) is 0 Å². The van der Waals surface area contributed by atoms with E-state index in [0.717, 1.165) is 51.6 Å². The monoisotopic (exact) mass is 263 g/mol. The molecular weight excluding hydrogens is 238 g/mol. The molecule has 4 nitrogen and oxygen atoms in total. The topological polar surface area (TPSA) is 56.1 Å². The molecule has 2 aliphatic rings. The average Bonchev–Trinajstić information content (AvgIpc) is 2.42. The second-order valence-corrected chi connectivity index (χ2v) is 6.57. The number of nitrogens with one attached hydrogen (secondary N) is 1. The second kappa shape index (κ2) is 5.50. The molecule has 0 radical (unpaired) electrons. The van der Waals surface area contributed by atoms with E-state index in [1.54, 1.807) is 0 Å². The summed E-state index contributed by atoms with van der Waals surface area (Å²) in [5.41, 5.74) is -0.893. The molecule has 0 spiro atoms. The van der Waals surface area contributed by atoms with E-state index in [1.165, 1.54) is 6.42 Å². The number of piperidine rings is 1. The molecule has 0 atom stereocenters. The lowest BCUT2D eigenvalue weighted by molar-refractivity contribution is -0.133. The van der Waals surface area contributed by atoms with Crippen molar-refractivity contribution >= 4 is 5.91 Å². The molecular formula is C15H25N3O. The van der Waals surface area contributed by atoms with Gasteiger partial charge in [0.15, 0.2) is 0 Å². The zero-order chi connectivity index (χ0) is 13.9. The number of likely N-dealkylation sites (tertiary alicyclic amines) is 1. The van der Waals surface area contributed by atoms with Crippen LogP contribution in [-0.4, -0.2) is 36.5 Å². The van der Waals surface area contributed by atoms with Crippen molar-refractivity contribution in [1.82, 2.24) is 10.2 Å². The summed E-state index contributed by atoms with van der Waals surface area (Å²) in [6.07, 6.45) is 6.89. The molecule has 0 aromatic carbocycles. The van der Waals surface area contributed by atoms with Crippen LogP contribution in [0.2, 0.25) is 0 Å². The molecule has 1 saturated carbocycles. The highest BCUT2D eigenvalue weighted by atomic mass is 16.2. The predicted molar refractivity (Wildman–Crippen MR) is 74.4 cm³/mol. The maximum absolute atomic E-state index is 12.6. The third kappa shape index (κ3) is 3.09. The average molecular weight is 263 g/mol. The van der Waals surface area contributed by atoms with Crippen LogP contribution in [-0.2, 0) is 4.79 Å². The third-order valence-electron chi connectivity index (χ3n) is 4.91. The number of amides is 1. The van der Waals surface area contributed by atoms with Gasteiger partial charge in [-0.25, -0.2) is 0 Å². The van der Waals surface area contributed by atoms with Crippen molar-refractivity contribution in [3.8, 4) is 6.07 Å². The highest BCUT2D eigenvalue weighted by Crippen LogP contribution is 2.37. The lowest BCUT2D eigenvalue weighted by atomic mass is 9.74. The zero-order valence-corrected chi connectivity index (χ0v) is 12.2. The Labute approximate surface area is 116 Å². The fraction of sp³-hybridized carbons (Fsp3) is 0.867. The van der Waals surface area contributed by atoms with Gasteiger partial charge in [-0.05, 0) is 32.7 Å². The van der Waals surface area contributed by atoms with Gasteiger partial charge in [-0.15, -0.1) is 0 Å². The number of carbonyl (C=O) groups excluding carboxylic acids is 1. The van der Waals surface area contributed by atoms with Crippen LogP contribution >= 0.6 is 0 Å². The first kappa shape index (κ1) is 14.3. The molecule has 1 amide bonds. The molecule has 2 fully saturated rings. The Balaban J connectivity index is 2.02. The fourth-order valence-corrected chi connectivity index (χ4v) is 3.19. The maximum atomic E-state index is 12.6. The summed E-state index contributed by atoms with van der Waals surface area (Å²) in [5.74, 6) is 0.0957. The quantitative estimate of drug-likeness (QED) is 0.829. The number of rotatable bonds is 2. The largest absolute Gasteiger partial charge is 0.337 e. The molecule has 2 rings (SSSR count). The molecule has 0 bridgehead atoms. The Bertz CT molecular complexity index is 371. The first-order chi connectivity index (χ1) is 9.00. The lowest BCUT2D eigenvalue weighted by Crippen LogP contribution is -2.57. The van der Waals surface area contributed by atoms with Gasteiger partial charge in [-0.1, -0.05) is 26.2 Å². The van der Waals surface area contributed by atoms with Gasteiger partial charge in [0.25, 0.3) is 0 Å². The summed E-state index contributed by atoms with van der Waals surface area (Å²) < 4.78 is 0. The Hall–Kier alpha value is -1.08. The molecule has 0 aromatic heterocycles. The fourth-order valence-electron chi connectivity index (χ4n) is 3.19. The van der Waals surface area contributed by atoms with Gasteiger partial charge in [-0.2, -0.15) is 5.26 Å². The number of nitriles is 1. The van der Waals surface area contributed by atoms with Crippen LogP contribution in [0.5, 0.6) is 0 Å². The van der Waals surface area contributed by atoms with Crippen LogP contribution in [0.3, 0.4) is 0 Å². The molecule has 1 aliphatic heterocycles. The van der Waals surface area contributed by atoms with Gasteiger partial charge < -0.3 is 10.2 Å². The molecule has 0 unspecified atom stereocenters. The van der Waals surface area contributed by atoms with E-state index in [0.29, 0.717) is 0 Å². The van der Waals surface area contributed by atoms with Crippen molar-refractivity contribution in [2.75, 3.05) is 20.1 Å². The van der Waals surface area contributed by atoms with Crippen LogP contribution < -0.4 is 5.32 Å². The standard InChI is InChI=1S/C15H25N3O/c1-14(6-4-3-5-7-14)13(19)17-15(12-16)8-10-18(2)11-9-15/h3-11H2,1-2H3,(H,17,19). The minimum Gasteiger partial charge on any atom is -0.337 e. The number of carbonyl (C=O) groups is 1. The number of hydrogen-bond donors (Lipinski definition) is 1. The smallest absolute Gasteiger partial charge is 0.227 e. The van der Waals surface area contributed by atoms with Crippen LogP contribution in [0, 0.1) is 16.7 Å². The first-order valence-electron chi connectivity index (χ1n) is 7.42. The molecule has 19 heavy (non-hydrogen) atoms. The van der Waals surface area contributed by atoms with Crippen molar-refractivity contribution in [2.24, 2.45) is 5.41 Å². The second-order valence-electron chi connectivity index (χ2n) is 6.57. The Morgan fingerprint density at radius 3 is 2.26 bits per heavy atom. The molecule has 4 heteroatoms. The Morgan fingerprint density at radius 1 is 1.16 bits per heavy atom. The minimum absolute atomic E-state index is 0.0957. The van der Waals surface area contributed by atoms with Gasteiger partial charge in [0.05, 0.1) is 6.07 Å². The Morgan fingerprint density at radius 2 is 1.74 bits per heavy atom. The Kier molecular flexibility index (Phi) is 4.15. The van der Waals surface area contributed by atoms with Crippen molar-refractivity contribution in [3.05, 3.63) is 0 Å². The summed E-state index contributed by atoms with van der Waals surface area (Å²) in [5, 5.41) is 12.6. The molecule has 1 N–H and O–H groups in total. The van der Waals surface area contributed by atoms with Gasteiger partial charge >= 0.3 is 0 Å². The summed E-state index contributed by atoms with van der Waals surface area (Å²) in [6.45, 7) is 3.82. The van der Waals surface area contributed by atoms with Crippen molar-refractivity contribution in [2.45, 2.75) is 57.4 Å². The number of nitrogens with zero attached hydrogens (tertiary/aromatic N) is 2. The van der Waals surface area contributed by atoms with Crippen molar-refractivity contribution < 1.29 is 4.79 Å². The molecule has 1 aliphatic carbocycles. The normalized spacial score (nSPS) is 26.4. The van der Waals surface area contributed by atoms with Crippen molar-refractivity contribution in [1.29, 1.82) is 5.26 Å². The lowest BCUT2D eigenvalue weighted by Gasteiger charge is -2.40. The third-order valence-corrected chi connectivity index (χ3v) is 4.91. The highest BCUT2D eigenvalue weighted by molar-refractivity contribution is 5.83. The van der Waals surface area contributed by atoms with Crippen LogP contribution in [0.1, 0.15) is 51.9 Å². The maximum Gasteiger partial charge on any atom is 0.227 e.